The number of carbonyl (C=O) groups excluding carboxylic acids is 2. The number of thiazole rings is 1. The molecule has 3 rings (SSSR count). The van der Waals surface area contributed by atoms with E-state index in [-0.39, 0.29) is 18.0 Å². The molecule has 7 nitrogen and oxygen atoms in total. The monoisotopic (exact) mass is 394 g/mol. The van der Waals surface area contributed by atoms with E-state index in [0.29, 0.717) is 18.2 Å². The zero-order valence-corrected chi connectivity index (χ0v) is 17.3. The third-order valence-electron chi connectivity index (χ3n) is 5.38. The van der Waals surface area contributed by atoms with Gasteiger partial charge < -0.3 is 14.5 Å². The molecule has 0 aromatic carbocycles. The van der Waals surface area contributed by atoms with Gasteiger partial charge in [0.05, 0.1) is 0 Å². The van der Waals surface area contributed by atoms with Gasteiger partial charge in [-0.15, -0.1) is 11.3 Å². The van der Waals surface area contributed by atoms with Crippen molar-refractivity contribution < 1.29 is 14.3 Å². The van der Waals surface area contributed by atoms with Crippen LogP contribution in [0.1, 0.15) is 50.5 Å². The molecule has 3 heterocycles. The number of ketones is 1. The number of ether oxygens (including phenoxy) is 1. The van der Waals surface area contributed by atoms with Crippen molar-refractivity contribution in [3.05, 3.63) is 11.1 Å². The molecule has 2 aliphatic heterocycles. The van der Waals surface area contributed by atoms with Gasteiger partial charge in [-0.2, -0.15) is 0 Å². The van der Waals surface area contributed by atoms with Crippen LogP contribution in [-0.4, -0.2) is 78.1 Å². The highest BCUT2D eigenvalue weighted by Crippen LogP contribution is 2.26. The van der Waals surface area contributed by atoms with E-state index >= 15 is 0 Å². The quantitative estimate of drug-likeness (QED) is 0.716. The molecule has 0 N–H and O–H groups in total. The van der Waals surface area contributed by atoms with Crippen molar-refractivity contribution in [1.82, 2.24) is 14.8 Å². The fraction of sp³-hybridized carbons (Fsp3) is 0.737. The molecule has 1 aromatic rings. The number of hydrogen-bond donors (Lipinski definition) is 0. The molecule has 2 aliphatic rings. The van der Waals surface area contributed by atoms with Crippen molar-refractivity contribution >= 4 is 28.3 Å². The summed E-state index contributed by atoms with van der Waals surface area (Å²) in [5.41, 5.74) is 0.562. The standard InChI is InChI=1S/C19H30N4O3S/c1-4-17(24)16-13-27-18(20-16)22-7-5-15(6-8-22)26-19(25)23-11-9-21(10-12-23)14(2)3/h13-15H,4-12H2,1-3H3. The van der Waals surface area contributed by atoms with Gasteiger partial charge in [0.1, 0.15) is 11.8 Å². The molecule has 0 atom stereocenters. The van der Waals surface area contributed by atoms with Crippen molar-refractivity contribution in [2.45, 2.75) is 52.2 Å². The Bertz CT molecular complexity index is 647. The van der Waals surface area contributed by atoms with Crippen LogP contribution in [0.3, 0.4) is 0 Å². The molecule has 150 valence electrons. The van der Waals surface area contributed by atoms with Crippen molar-refractivity contribution in [2.24, 2.45) is 0 Å². The van der Waals surface area contributed by atoms with E-state index in [1.165, 1.54) is 11.3 Å². The Balaban J connectivity index is 1.43. The summed E-state index contributed by atoms with van der Waals surface area (Å²) in [6, 6.07) is 0.520. The van der Waals surface area contributed by atoms with Crippen LogP contribution in [0.15, 0.2) is 5.38 Å². The molecular weight excluding hydrogens is 364 g/mol. The van der Waals surface area contributed by atoms with Gasteiger partial charge in [0, 0.05) is 70.0 Å². The smallest absolute Gasteiger partial charge is 0.410 e. The number of Topliss-reactive ketones (excluding diaryl/α,β-unsaturated/α-hetero) is 1. The Labute approximate surface area is 165 Å². The predicted octanol–water partition coefficient (Wildman–Crippen LogP) is 2.87. The lowest BCUT2D eigenvalue weighted by Crippen LogP contribution is -2.51. The van der Waals surface area contributed by atoms with Crippen molar-refractivity contribution in [3.63, 3.8) is 0 Å². The second kappa shape index (κ2) is 9.01. The number of amides is 1. The number of piperidine rings is 1. The normalized spacial score (nSPS) is 19.6. The molecule has 0 saturated carbocycles. The maximum atomic E-state index is 12.4. The maximum Gasteiger partial charge on any atom is 0.410 e. The molecule has 0 radical (unpaired) electrons. The van der Waals surface area contributed by atoms with Gasteiger partial charge in [0.25, 0.3) is 0 Å². The Morgan fingerprint density at radius 2 is 1.85 bits per heavy atom. The third kappa shape index (κ3) is 4.99. The van der Waals surface area contributed by atoms with Crippen LogP contribution in [0.4, 0.5) is 9.93 Å². The maximum absolute atomic E-state index is 12.4. The number of rotatable bonds is 5. The summed E-state index contributed by atoms with van der Waals surface area (Å²) < 4.78 is 5.74. The highest BCUT2D eigenvalue weighted by Gasteiger charge is 2.28. The first-order chi connectivity index (χ1) is 13.0. The Hall–Kier alpha value is -1.67. The number of carbonyl (C=O) groups is 2. The molecule has 0 aliphatic carbocycles. The lowest BCUT2D eigenvalue weighted by molar-refractivity contribution is 0.0337. The summed E-state index contributed by atoms with van der Waals surface area (Å²) >= 11 is 1.51. The van der Waals surface area contributed by atoms with Crippen LogP contribution in [0.25, 0.3) is 0 Å². The molecule has 0 bridgehead atoms. The van der Waals surface area contributed by atoms with Crippen LogP contribution >= 0.6 is 11.3 Å². The second-order valence-electron chi connectivity index (χ2n) is 7.48. The fourth-order valence-electron chi connectivity index (χ4n) is 3.52. The lowest BCUT2D eigenvalue weighted by atomic mass is 10.1. The van der Waals surface area contributed by atoms with Crippen LogP contribution in [0.5, 0.6) is 0 Å². The van der Waals surface area contributed by atoms with Gasteiger partial charge in [0.15, 0.2) is 10.9 Å². The summed E-state index contributed by atoms with van der Waals surface area (Å²) in [7, 11) is 0. The first-order valence-electron chi connectivity index (χ1n) is 9.91. The molecule has 2 fully saturated rings. The third-order valence-corrected chi connectivity index (χ3v) is 6.28. The summed E-state index contributed by atoms with van der Waals surface area (Å²) in [6.45, 7) is 11.1. The molecule has 0 spiro atoms. The first-order valence-corrected chi connectivity index (χ1v) is 10.8. The summed E-state index contributed by atoms with van der Waals surface area (Å²) in [6.07, 6.45) is 1.87. The highest BCUT2D eigenvalue weighted by atomic mass is 32.1. The molecular formula is C19H30N4O3S. The average Bonchev–Trinajstić information content (AvgIpc) is 3.18. The number of hydrogen-bond acceptors (Lipinski definition) is 7. The van der Waals surface area contributed by atoms with Crippen LogP contribution < -0.4 is 4.90 Å². The van der Waals surface area contributed by atoms with Gasteiger partial charge in [-0.25, -0.2) is 9.78 Å². The fourth-order valence-corrected chi connectivity index (χ4v) is 4.41. The lowest BCUT2D eigenvalue weighted by Gasteiger charge is -2.37. The van der Waals surface area contributed by atoms with Crippen LogP contribution in [0.2, 0.25) is 0 Å². The van der Waals surface area contributed by atoms with Crippen molar-refractivity contribution in [2.75, 3.05) is 44.2 Å². The zero-order chi connectivity index (χ0) is 19.4. The van der Waals surface area contributed by atoms with Gasteiger partial charge in [-0.05, 0) is 13.8 Å². The minimum Gasteiger partial charge on any atom is -0.446 e. The second-order valence-corrected chi connectivity index (χ2v) is 8.32. The molecule has 27 heavy (non-hydrogen) atoms. The highest BCUT2D eigenvalue weighted by molar-refractivity contribution is 7.13. The zero-order valence-electron chi connectivity index (χ0n) is 16.5. The number of anilines is 1. The van der Waals surface area contributed by atoms with Crippen LogP contribution in [-0.2, 0) is 4.74 Å². The average molecular weight is 395 g/mol. The van der Waals surface area contributed by atoms with Gasteiger partial charge in [-0.1, -0.05) is 6.92 Å². The number of aromatic nitrogens is 1. The number of nitrogens with zero attached hydrogens (tertiary/aromatic N) is 4. The van der Waals surface area contributed by atoms with E-state index in [0.717, 1.165) is 57.2 Å². The minimum absolute atomic E-state index is 0.0337. The summed E-state index contributed by atoms with van der Waals surface area (Å²) in [5, 5.41) is 2.73. The molecule has 1 aromatic heterocycles. The van der Waals surface area contributed by atoms with E-state index in [4.69, 9.17) is 4.74 Å². The van der Waals surface area contributed by atoms with E-state index in [9.17, 15) is 9.59 Å². The van der Waals surface area contributed by atoms with Gasteiger partial charge in [-0.3, -0.25) is 9.69 Å². The van der Waals surface area contributed by atoms with Crippen molar-refractivity contribution in [3.8, 4) is 0 Å². The summed E-state index contributed by atoms with van der Waals surface area (Å²) in [4.78, 5) is 35.0. The van der Waals surface area contributed by atoms with E-state index in [2.05, 4.69) is 28.6 Å². The summed E-state index contributed by atoms with van der Waals surface area (Å²) in [5.74, 6) is 0.0823. The van der Waals surface area contributed by atoms with Crippen molar-refractivity contribution in [1.29, 1.82) is 0 Å². The Morgan fingerprint density at radius 3 is 2.44 bits per heavy atom. The van der Waals surface area contributed by atoms with E-state index in [1.807, 2.05) is 17.2 Å². The molecule has 2 saturated heterocycles. The molecule has 8 heteroatoms. The van der Waals surface area contributed by atoms with Crippen LogP contribution in [0, 0.1) is 0 Å². The van der Waals surface area contributed by atoms with Gasteiger partial charge in [0.2, 0.25) is 0 Å². The SMILES string of the molecule is CCC(=O)c1csc(N2CCC(OC(=O)N3CCN(C(C)C)CC3)CC2)n1. The molecule has 1 amide bonds. The Kier molecular flexibility index (Phi) is 6.70. The van der Waals surface area contributed by atoms with Gasteiger partial charge >= 0.3 is 6.09 Å². The van der Waals surface area contributed by atoms with E-state index < -0.39 is 0 Å². The van der Waals surface area contributed by atoms with E-state index in [1.54, 1.807) is 0 Å². The topological polar surface area (TPSA) is 66.0 Å². The largest absolute Gasteiger partial charge is 0.446 e. The number of piperazine rings is 1. The minimum atomic E-state index is -0.179. The Morgan fingerprint density at radius 1 is 1.19 bits per heavy atom. The first kappa shape index (κ1) is 20.1. The predicted molar refractivity (Wildman–Crippen MR) is 107 cm³/mol. The molecule has 0 unspecified atom stereocenters.